The second-order valence-electron chi connectivity index (χ2n) is 3.35. The molecule has 0 radical (unpaired) electrons. The van der Waals surface area contributed by atoms with Crippen molar-refractivity contribution in [3.8, 4) is 12.1 Å². The van der Waals surface area contributed by atoms with E-state index in [4.69, 9.17) is 10.5 Å². The fourth-order valence-corrected chi connectivity index (χ4v) is 1.33. The van der Waals surface area contributed by atoms with E-state index in [9.17, 15) is 4.79 Å². The van der Waals surface area contributed by atoms with Gasteiger partial charge in [-0.25, -0.2) is 0 Å². The average Bonchev–Trinajstić information content (AvgIpc) is 2.28. The van der Waals surface area contributed by atoms with Crippen molar-refractivity contribution in [1.82, 2.24) is 4.90 Å². The molecule has 1 amide bonds. The van der Waals surface area contributed by atoms with E-state index in [0.29, 0.717) is 5.56 Å². The van der Waals surface area contributed by atoms with E-state index in [-0.39, 0.29) is 19.0 Å². The van der Waals surface area contributed by atoms with Gasteiger partial charge in [-0.15, -0.1) is 0 Å². The van der Waals surface area contributed by atoms with Crippen LogP contribution in [0.4, 0.5) is 0 Å². The summed E-state index contributed by atoms with van der Waals surface area (Å²) in [6, 6.07) is 10.8. The van der Waals surface area contributed by atoms with E-state index < -0.39 is 0 Å². The van der Waals surface area contributed by atoms with Gasteiger partial charge in [0.05, 0.1) is 12.1 Å². The van der Waals surface area contributed by atoms with Gasteiger partial charge in [0.2, 0.25) is 0 Å². The molecule has 0 saturated carbocycles. The van der Waals surface area contributed by atoms with Crippen LogP contribution in [0.5, 0.6) is 0 Å². The highest BCUT2D eigenvalue weighted by Crippen LogP contribution is 2.07. The van der Waals surface area contributed by atoms with Crippen LogP contribution in [0.3, 0.4) is 0 Å². The van der Waals surface area contributed by atoms with Crippen molar-refractivity contribution >= 4 is 5.91 Å². The monoisotopic (exact) mass is 213 g/mol. The lowest BCUT2D eigenvalue weighted by Gasteiger charge is -2.15. The number of hydrogen-bond acceptors (Lipinski definition) is 3. The van der Waals surface area contributed by atoms with Crippen LogP contribution in [0.15, 0.2) is 24.3 Å². The number of hydrogen-bond donors (Lipinski definition) is 0. The van der Waals surface area contributed by atoms with Crippen molar-refractivity contribution in [2.75, 3.05) is 13.1 Å². The smallest absolute Gasteiger partial charge is 0.255 e. The van der Waals surface area contributed by atoms with Gasteiger partial charge in [-0.2, -0.15) is 10.5 Å². The molecular formula is C12H11N3O. The van der Waals surface area contributed by atoms with Crippen LogP contribution in [0, 0.1) is 29.6 Å². The predicted molar refractivity (Wildman–Crippen MR) is 58.3 cm³/mol. The Kier molecular flexibility index (Phi) is 4.06. The normalized spacial score (nSPS) is 8.94. The van der Waals surface area contributed by atoms with Crippen LogP contribution in [0.25, 0.3) is 0 Å². The molecule has 0 bridgehead atoms. The van der Waals surface area contributed by atoms with Crippen LogP contribution in [-0.4, -0.2) is 23.9 Å². The number of nitriles is 2. The van der Waals surface area contributed by atoms with Crippen LogP contribution in [-0.2, 0) is 0 Å². The highest BCUT2D eigenvalue weighted by Gasteiger charge is 2.14. The fraction of sp³-hybridized carbons (Fsp3) is 0.250. The second-order valence-corrected chi connectivity index (χ2v) is 3.35. The van der Waals surface area contributed by atoms with Crippen molar-refractivity contribution in [1.29, 1.82) is 10.5 Å². The Labute approximate surface area is 94.3 Å². The van der Waals surface area contributed by atoms with Crippen LogP contribution in [0.2, 0.25) is 0 Å². The third-order valence-corrected chi connectivity index (χ3v) is 2.08. The molecule has 1 aromatic rings. The van der Waals surface area contributed by atoms with Gasteiger partial charge in [0.15, 0.2) is 0 Å². The number of carbonyl (C=O) groups is 1. The standard InChI is InChI=1S/C12H11N3O/c1-10-3-2-4-11(9-10)12(16)15(7-5-13)8-6-14/h2-4,9H,7-8H2,1H3. The first-order valence-corrected chi connectivity index (χ1v) is 4.79. The summed E-state index contributed by atoms with van der Waals surface area (Å²) in [6.07, 6.45) is 0. The van der Waals surface area contributed by atoms with Crippen LogP contribution in [0.1, 0.15) is 15.9 Å². The molecule has 0 aliphatic carbocycles. The van der Waals surface area contributed by atoms with Crippen LogP contribution >= 0.6 is 0 Å². The molecule has 1 aromatic carbocycles. The number of rotatable bonds is 3. The maximum atomic E-state index is 11.9. The van der Waals surface area contributed by atoms with E-state index in [1.54, 1.807) is 18.2 Å². The van der Waals surface area contributed by atoms with Gasteiger partial charge in [-0.3, -0.25) is 4.79 Å². The first-order chi connectivity index (χ1) is 7.69. The van der Waals surface area contributed by atoms with E-state index in [0.717, 1.165) is 5.56 Å². The van der Waals surface area contributed by atoms with Gasteiger partial charge >= 0.3 is 0 Å². The average molecular weight is 213 g/mol. The zero-order chi connectivity index (χ0) is 12.0. The molecule has 0 saturated heterocycles. The number of amides is 1. The minimum absolute atomic E-state index is 0.0691. The quantitative estimate of drug-likeness (QED) is 0.714. The summed E-state index contributed by atoms with van der Waals surface area (Å²) in [5.74, 6) is -0.285. The van der Waals surface area contributed by atoms with Gasteiger partial charge in [0, 0.05) is 5.56 Å². The summed E-state index contributed by atoms with van der Waals surface area (Å²) in [5, 5.41) is 17.1. The Hall–Kier alpha value is -2.33. The number of nitrogens with zero attached hydrogens (tertiary/aromatic N) is 3. The van der Waals surface area contributed by atoms with E-state index in [2.05, 4.69) is 0 Å². The van der Waals surface area contributed by atoms with Gasteiger partial charge in [0.25, 0.3) is 5.91 Å². The Bertz CT molecular complexity index is 452. The molecule has 4 heteroatoms. The summed E-state index contributed by atoms with van der Waals surface area (Å²) in [4.78, 5) is 13.1. The van der Waals surface area contributed by atoms with Crippen molar-refractivity contribution in [2.24, 2.45) is 0 Å². The van der Waals surface area contributed by atoms with Crippen molar-refractivity contribution < 1.29 is 4.79 Å². The maximum Gasteiger partial charge on any atom is 0.255 e. The largest absolute Gasteiger partial charge is 0.312 e. The highest BCUT2D eigenvalue weighted by atomic mass is 16.2. The van der Waals surface area contributed by atoms with Gasteiger partial charge in [-0.1, -0.05) is 17.7 Å². The summed E-state index contributed by atoms with van der Waals surface area (Å²) in [7, 11) is 0. The molecule has 0 fully saturated rings. The maximum absolute atomic E-state index is 11.9. The molecule has 0 unspecified atom stereocenters. The second kappa shape index (κ2) is 5.53. The lowest BCUT2D eigenvalue weighted by Crippen LogP contribution is -2.31. The molecule has 0 aromatic heterocycles. The van der Waals surface area contributed by atoms with Gasteiger partial charge in [-0.05, 0) is 19.1 Å². The summed E-state index contributed by atoms with van der Waals surface area (Å²) in [5.41, 5.74) is 1.48. The number of benzene rings is 1. The van der Waals surface area contributed by atoms with Crippen molar-refractivity contribution in [2.45, 2.75) is 6.92 Å². The molecule has 80 valence electrons. The molecule has 16 heavy (non-hydrogen) atoms. The molecule has 4 nitrogen and oxygen atoms in total. The number of carbonyl (C=O) groups excluding carboxylic acids is 1. The lowest BCUT2D eigenvalue weighted by atomic mass is 10.1. The lowest BCUT2D eigenvalue weighted by molar-refractivity contribution is 0.0794. The molecule has 1 rings (SSSR count). The molecule has 0 heterocycles. The first kappa shape index (κ1) is 11.7. The topological polar surface area (TPSA) is 67.9 Å². The van der Waals surface area contributed by atoms with Crippen molar-refractivity contribution in [3.63, 3.8) is 0 Å². The number of aryl methyl sites for hydroxylation is 1. The Balaban J connectivity index is 2.91. The molecular weight excluding hydrogens is 202 g/mol. The zero-order valence-corrected chi connectivity index (χ0v) is 8.97. The minimum Gasteiger partial charge on any atom is -0.312 e. The SMILES string of the molecule is Cc1cccc(C(=O)N(CC#N)CC#N)c1. The highest BCUT2D eigenvalue weighted by molar-refractivity contribution is 5.94. The van der Waals surface area contributed by atoms with E-state index >= 15 is 0 Å². The molecule has 0 aliphatic heterocycles. The van der Waals surface area contributed by atoms with Crippen molar-refractivity contribution in [3.05, 3.63) is 35.4 Å². The van der Waals surface area contributed by atoms with E-state index in [1.165, 1.54) is 4.90 Å². The third-order valence-electron chi connectivity index (χ3n) is 2.08. The molecule has 0 aliphatic rings. The first-order valence-electron chi connectivity index (χ1n) is 4.79. The Morgan fingerprint density at radius 3 is 2.44 bits per heavy atom. The third kappa shape index (κ3) is 2.83. The molecule has 0 atom stereocenters. The molecule has 0 spiro atoms. The van der Waals surface area contributed by atoms with E-state index in [1.807, 2.05) is 25.1 Å². The minimum atomic E-state index is -0.285. The van der Waals surface area contributed by atoms with Crippen LogP contribution < -0.4 is 0 Å². The predicted octanol–water partition coefficient (Wildman–Crippen LogP) is 1.48. The summed E-state index contributed by atoms with van der Waals surface area (Å²) >= 11 is 0. The van der Waals surface area contributed by atoms with Gasteiger partial charge in [0.1, 0.15) is 13.1 Å². The summed E-state index contributed by atoms with van der Waals surface area (Å²) in [6.45, 7) is 1.75. The Morgan fingerprint density at radius 2 is 1.94 bits per heavy atom. The summed E-state index contributed by atoms with van der Waals surface area (Å²) < 4.78 is 0. The Morgan fingerprint density at radius 1 is 1.31 bits per heavy atom. The van der Waals surface area contributed by atoms with Gasteiger partial charge < -0.3 is 4.90 Å². The zero-order valence-electron chi connectivity index (χ0n) is 8.97. The fourth-order valence-electron chi connectivity index (χ4n) is 1.33. The molecule has 0 N–H and O–H groups in total.